The van der Waals surface area contributed by atoms with Gasteiger partial charge in [0, 0.05) is 19.6 Å². The molecule has 2 fully saturated rings. The Bertz CT molecular complexity index is 889. The lowest BCUT2D eigenvalue weighted by molar-refractivity contribution is -0.160. The van der Waals surface area contributed by atoms with Gasteiger partial charge in [-0.15, -0.1) is 0 Å². The average molecular weight is 413 g/mol. The van der Waals surface area contributed by atoms with E-state index in [9.17, 15) is 27.2 Å². The first-order valence-electron chi connectivity index (χ1n) is 8.79. The van der Waals surface area contributed by atoms with E-state index >= 15 is 0 Å². The standard InChI is InChI=1S/C17H20FN3O6S/c1-11(15(22)20-10-8-19-17(20)24)27-16(23)14-3-2-9-21(14)28(25,26)13-6-4-12(18)5-7-13/h4-7,11,14H,2-3,8-10H2,1H3,(H,19,24)/t11-,14+/m1/s1. The molecule has 2 saturated heterocycles. The van der Waals surface area contributed by atoms with Crippen LogP contribution in [0.2, 0.25) is 0 Å². The molecule has 1 aromatic rings. The normalized spacial score (nSPS) is 21.4. The summed E-state index contributed by atoms with van der Waals surface area (Å²) >= 11 is 0. The third kappa shape index (κ3) is 3.85. The second-order valence-electron chi connectivity index (χ2n) is 6.53. The van der Waals surface area contributed by atoms with Gasteiger partial charge in [0.2, 0.25) is 10.0 Å². The number of esters is 1. The number of sulfonamides is 1. The Hall–Kier alpha value is -2.53. The van der Waals surface area contributed by atoms with Crippen molar-refractivity contribution in [3.63, 3.8) is 0 Å². The predicted octanol–water partition coefficient (Wildman–Crippen LogP) is 0.462. The van der Waals surface area contributed by atoms with Crippen LogP contribution in [-0.2, 0) is 24.3 Å². The molecule has 1 N–H and O–H groups in total. The third-order valence-corrected chi connectivity index (χ3v) is 6.58. The van der Waals surface area contributed by atoms with Gasteiger partial charge in [-0.05, 0) is 44.0 Å². The van der Waals surface area contributed by atoms with E-state index < -0.39 is 45.9 Å². The molecule has 0 aromatic heterocycles. The highest BCUT2D eigenvalue weighted by molar-refractivity contribution is 7.89. The van der Waals surface area contributed by atoms with Gasteiger partial charge >= 0.3 is 12.0 Å². The van der Waals surface area contributed by atoms with Crippen LogP contribution in [0.25, 0.3) is 0 Å². The number of urea groups is 1. The topological polar surface area (TPSA) is 113 Å². The molecule has 2 heterocycles. The smallest absolute Gasteiger partial charge is 0.325 e. The molecule has 0 saturated carbocycles. The molecule has 11 heteroatoms. The van der Waals surface area contributed by atoms with Crippen LogP contribution < -0.4 is 5.32 Å². The summed E-state index contributed by atoms with van der Waals surface area (Å²) in [5.74, 6) is -2.10. The number of halogens is 1. The van der Waals surface area contributed by atoms with Crippen LogP contribution in [0.3, 0.4) is 0 Å². The van der Waals surface area contributed by atoms with Crippen molar-refractivity contribution >= 4 is 27.9 Å². The second kappa shape index (κ2) is 7.84. The van der Waals surface area contributed by atoms with Gasteiger partial charge < -0.3 is 10.1 Å². The molecule has 0 spiro atoms. The molecule has 2 aliphatic heterocycles. The molecule has 0 radical (unpaired) electrons. The zero-order valence-corrected chi connectivity index (χ0v) is 15.9. The maximum atomic E-state index is 13.1. The molecular weight excluding hydrogens is 393 g/mol. The van der Waals surface area contributed by atoms with Crippen molar-refractivity contribution in [3.05, 3.63) is 30.1 Å². The number of carbonyl (C=O) groups is 3. The maximum Gasteiger partial charge on any atom is 0.325 e. The highest BCUT2D eigenvalue weighted by atomic mass is 32.2. The van der Waals surface area contributed by atoms with Crippen LogP contribution in [0.4, 0.5) is 9.18 Å². The molecule has 1 aromatic carbocycles. The van der Waals surface area contributed by atoms with E-state index in [4.69, 9.17) is 4.74 Å². The van der Waals surface area contributed by atoms with E-state index in [-0.39, 0.29) is 24.4 Å². The number of hydrogen-bond acceptors (Lipinski definition) is 6. The van der Waals surface area contributed by atoms with Crippen molar-refractivity contribution in [3.8, 4) is 0 Å². The van der Waals surface area contributed by atoms with Crippen LogP contribution in [0.15, 0.2) is 29.2 Å². The molecule has 2 atom stereocenters. The largest absolute Gasteiger partial charge is 0.451 e. The van der Waals surface area contributed by atoms with Gasteiger partial charge in [0.15, 0.2) is 6.10 Å². The van der Waals surface area contributed by atoms with Crippen molar-refractivity contribution in [2.75, 3.05) is 19.6 Å². The van der Waals surface area contributed by atoms with Crippen LogP contribution in [0.1, 0.15) is 19.8 Å². The summed E-state index contributed by atoms with van der Waals surface area (Å²) in [6, 6.07) is 2.66. The highest BCUT2D eigenvalue weighted by Gasteiger charge is 2.42. The van der Waals surface area contributed by atoms with Gasteiger partial charge in [-0.3, -0.25) is 14.5 Å². The van der Waals surface area contributed by atoms with E-state index in [0.717, 1.165) is 33.5 Å². The minimum Gasteiger partial charge on any atom is -0.451 e. The number of nitrogens with zero attached hydrogens (tertiary/aromatic N) is 2. The number of nitrogens with one attached hydrogen (secondary N) is 1. The molecule has 152 valence electrons. The lowest BCUT2D eigenvalue weighted by Gasteiger charge is -2.25. The fourth-order valence-corrected chi connectivity index (χ4v) is 4.86. The first-order chi connectivity index (χ1) is 13.2. The van der Waals surface area contributed by atoms with Crippen LogP contribution >= 0.6 is 0 Å². The van der Waals surface area contributed by atoms with Crippen LogP contribution in [0.5, 0.6) is 0 Å². The van der Waals surface area contributed by atoms with E-state index in [1.54, 1.807) is 0 Å². The van der Waals surface area contributed by atoms with Crippen molar-refractivity contribution in [2.45, 2.75) is 36.8 Å². The Morgan fingerprint density at radius 3 is 2.54 bits per heavy atom. The second-order valence-corrected chi connectivity index (χ2v) is 8.42. The van der Waals surface area contributed by atoms with Crippen LogP contribution in [0, 0.1) is 5.82 Å². The Balaban J connectivity index is 1.71. The van der Waals surface area contributed by atoms with Crippen LogP contribution in [-0.4, -0.2) is 67.3 Å². The fourth-order valence-electron chi connectivity index (χ4n) is 3.21. The Labute approximate surface area is 161 Å². The van der Waals surface area contributed by atoms with Gasteiger partial charge in [0.05, 0.1) is 4.90 Å². The number of amides is 3. The number of carbonyl (C=O) groups excluding carboxylic acids is 3. The van der Waals surface area contributed by atoms with Gasteiger partial charge in [-0.1, -0.05) is 0 Å². The summed E-state index contributed by atoms with van der Waals surface area (Å²) in [6.45, 7) is 1.93. The SMILES string of the molecule is C[C@@H](OC(=O)[C@@H]1CCCN1S(=O)(=O)c1ccc(F)cc1)C(=O)N1CCNC1=O. The van der Waals surface area contributed by atoms with E-state index in [2.05, 4.69) is 5.32 Å². The molecule has 3 rings (SSSR count). The number of hydrogen-bond donors (Lipinski definition) is 1. The zero-order valence-electron chi connectivity index (χ0n) is 15.1. The summed E-state index contributed by atoms with van der Waals surface area (Å²) in [5, 5.41) is 2.47. The van der Waals surface area contributed by atoms with Gasteiger partial charge in [0.25, 0.3) is 5.91 Å². The lowest BCUT2D eigenvalue weighted by atomic mass is 10.2. The number of rotatable bonds is 5. The monoisotopic (exact) mass is 413 g/mol. The van der Waals surface area contributed by atoms with Gasteiger partial charge in [-0.25, -0.2) is 17.6 Å². The van der Waals surface area contributed by atoms with Crippen molar-refractivity contribution in [1.82, 2.24) is 14.5 Å². The molecule has 0 bridgehead atoms. The first kappa shape index (κ1) is 20.2. The number of benzene rings is 1. The number of ether oxygens (including phenoxy) is 1. The molecule has 28 heavy (non-hydrogen) atoms. The summed E-state index contributed by atoms with van der Waals surface area (Å²) in [5.41, 5.74) is 0. The van der Waals surface area contributed by atoms with E-state index in [0.29, 0.717) is 13.0 Å². The van der Waals surface area contributed by atoms with Gasteiger partial charge in [-0.2, -0.15) is 4.31 Å². The van der Waals surface area contributed by atoms with Gasteiger partial charge in [0.1, 0.15) is 11.9 Å². The Morgan fingerprint density at radius 1 is 1.25 bits per heavy atom. The first-order valence-corrected chi connectivity index (χ1v) is 10.2. The van der Waals surface area contributed by atoms with Crippen molar-refractivity contribution < 1.29 is 31.9 Å². The third-order valence-electron chi connectivity index (χ3n) is 4.66. The van der Waals surface area contributed by atoms with Crippen molar-refractivity contribution in [2.24, 2.45) is 0 Å². The average Bonchev–Trinajstić information content (AvgIpc) is 3.30. The Kier molecular flexibility index (Phi) is 5.66. The summed E-state index contributed by atoms with van der Waals surface area (Å²) in [7, 11) is -4.02. The summed E-state index contributed by atoms with van der Waals surface area (Å²) in [6.07, 6.45) is -0.547. The molecule has 3 amide bonds. The zero-order chi connectivity index (χ0) is 20.5. The summed E-state index contributed by atoms with van der Waals surface area (Å²) in [4.78, 5) is 37.2. The predicted molar refractivity (Wildman–Crippen MR) is 94.0 cm³/mol. The Morgan fingerprint density at radius 2 is 1.93 bits per heavy atom. The van der Waals surface area contributed by atoms with E-state index in [1.165, 1.54) is 6.92 Å². The fraction of sp³-hybridized carbons (Fsp3) is 0.471. The maximum absolute atomic E-state index is 13.1. The van der Waals surface area contributed by atoms with Crippen molar-refractivity contribution in [1.29, 1.82) is 0 Å². The number of imide groups is 1. The summed E-state index contributed by atoms with van der Waals surface area (Å²) < 4.78 is 44.8. The molecule has 0 aliphatic carbocycles. The minimum absolute atomic E-state index is 0.107. The molecule has 0 unspecified atom stereocenters. The lowest BCUT2D eigenvalue weighted by Crippen LogP contribution is -2.46. The van der Waals surface area contributed by atoms with E-state index in [1.807, 2.05) is 0 Å². The molecule has 9 nitrogen and oxygen atoms in total. The molecule has 2 aliphatic rings. The highest BCUT2D eigenvalue weighted by Crippen LogP contribution is 2.27. The quantitative estimate of drug-likeness (QED) is 0.702. The molecular formula is C17H20FN3O6S. The minimum atomic E-state index is -4.02.